The van der Waals surface area contributed by atoms with Gasteiger partial charge in [-0.3, -0.25) is 0 Å². The van der Waals surface area contributed by atoms with Crippen molar-refractivity contribution < 1.29 is 0 Å². The van der Waals surface area contributed by atoms with Crippen molar-refractivity contribution in [3.63, 3.8) is 0 Å². The molecule has 1 aromatic heterocycles. The van der Waals surface area contributed by atoms with Gasteiger partial charge in [-0.05, 0) is 65.7 Å². The summed E-state index contributed by atoms with van der Waals surface area (Å²) in [7, 11) is 0. The molecule has 1 aromatic rings. The molecule has 4 aliphatic carbocycles. The predicted molar refractivity (Wildman–Crippen MR) is 71.1 cm³/mol. The fourth-order valence-corrected chi connectivity index (χ4v) is 6.33. The van der Waals surface area contributed by atoms with E-state index >= 15 is 0 Å². The fourth-order valence-electron chi connectivity index (χ4n) is 6.33. The first-order valence-electron chi connectivity index (χ1n) is 7.44. The van der Waals surface area contributed by atoms with E-state index in [-0.39, 0.29) is 5.54 Å². The molecule has 0 aliphatic heterocycles. The Kier molecular flexibility index (Phi) is 2.10. The maximum absolute atomic E-state index is 5.82. The number of nitrogens with zero attached hydrogens (tertiary/aromatic N) is 4. The molecular formula is C14H23N5. The molecule has 0 amide bonds. The minimum absolute atomic E-state index is 0.140. The molecule has 0 spiro atoms. The third-order valence-electron chi connectivity index (χ3n) is 5.76. The van der Waals surface area contributed by atoms with Gasteiger partial charge in [0, 0.05) is 0 Å². The molecule has 4 saturated carbocycles. The summed E-state index contributed by atoms with van der Waals surface area (Å²) in [5.41, 5.74) is 6.91. The largest absolute Gasteiger partial charge is 0.324 e. The SMILES string of the molecule is CC12CC3CC(C)(C1)CC(n1nnnc1CN)(C3)C2. The van der Waals surface area contributed by atoms with Crippen molar-refractivity contribution in [3.05, 3.63) is 5.82 Å². The van der Waals surface area contributed by atoms with Crippen molar-refractivity contribution >= 4 is 0 Å². The zero-order valence-corrected chi connectivity index (χ0v) is 11.9. The highest BCUT2D eigenvalue weighted by molar-refractivity contribution is 5.13. The second kappa shape index (κ2) is 3.37. The first-order valence-corrected chi connectivity index (χ1v) is 7.44. The maximum atomic E-state index is 5.82. The van der Waals surface area contributed by atoms with Crippen LogP contribution in [0.15, 0.2) is 0 Å². The van der Waals surface area contributed by atoms with E-state index in [0.29, 0.717) is 17.4 Å². The summed E-state index contributed by atoms with van der Waals surface area (Å²) < 4.78 is 2.09. The molecule has 4 aliphatic rings. The van der Waals surface area contributed by atoms with Crippen LogP contribution in [0.3, 0.4) is 0 Å². The summed E-state index contributed by atoms with van der Waals surface area (Å²) in [6.07, 6.45) is 7.86. The van der Waals surface area contributed by atoms with E-state index in [9.17, 15) is 0 Å². The van der Waals surface area contributed by atoms with Crippen molar-refractivity contribution in [2.75, 3.05) is 0 Å². The lowest BCUT2D eigenvalue weighted by Gasteiger charge is -2.65. The van der Waals surface area contributed by atoms with E-state index in [0.717, 1.165) is 11.7 Å². The number of nitrogens with two attached hydrogens (primary N) is 1. The number of hydrogen-bond donors (Lipinski definition) is 1. The lowest BCUT2D eigenvalue weighted by Crippen LogP contribution is -2.59. The molecule has 5 nitrogen and oxygen atoms in total. The van der Waals surface area contributed by atoms with E-state index in [4.69, 9.17) is 5.73 Å². The maximum Gasteiger partial charge on any atom is 0.165 e. The quantitative estimate of drug-likeness (QED) is 0.882. The van der Waals surface area contributed by atoms with Gasteiger partial charge in [0.05, 0.1) is 12.1 Å². The van der Waals surface area contributed by atoms with Crippen LogP contribution in [0.2, 0.25) is 0 Å². The molecule has 5 heteroatoms. The topological polar surface area (TPSA) is 69.6 Å². The monoisotopic (exact) mass is 261 g/mol. The minimum atomic E-state index is 0.140. The lowest BCUT2D eigenvalue weighted by molar-refractivity contribution is -0.141. The molecule has 0 saturated heterocycles. The van der Waals surface area contributed by atoms with E-state index in [1.54, 1.807) is 0 Å². The summed E-state index contributed by atoms with van der Waals surface area (Å²) in [6, 6.07) is 0. The van der Waals surface area contributed by atoms with Crippen LogP contribution in [0.1, 0.15) is 58.2 Å². The van der Waals surface area contributed by atoms with Crippen LogP contribution in [0.4, 0.5) is 0 Å². The fraction of sp³-hybridized carbons (Fsp3) is 0.929. The van der Waals surface area contributed by atoms with Gasteiger partial charge in [-0.25, -0.2) is 4.68 Å². The van der Waals surface area contributed by atoms with Crippen LogP contribution < -0.4 is 5.73 Å². The molecule has 19 heavy (non-hydrogen) atoms. The molecule has 104 valence electrons. The van der Waals surface area contributed by atoms with Gasteiger partial charge in [0.15, 0.2) is 5.82 Å². The lowest BCUT2D eigenvalue weighted by atomic mass is 9.43. The summed E-state index contributed by atoms with van der Waals surface area (Å²) >= 11 is 0. The van der Waals surface area contributed by atoms with E-state index < -0.39 is 0 Å². The molecule has 2 unspecified atom stereocenters. The summed E-state index contributed by atoms with van der Waals surface area (Å²) in [6.45, 7) is 5.38. The Morgan fingerprint density at radius 1 is 1.16 bits per heavy atom. The molecule has 0 aromatic carbocycles. The third kappa shape index (κ3) is 1.54. The average Bonchev–Trinajstić information content (AvgIpc) is 2.72. The van der Waals surface area contributed by atoms with Gasteiger partial charge >= 0.3 is 0 Å². The van der Waals surface area contributed by atoms with Gasteiger partial charge in [0.1, 0.15) is 0 Å². The second-order valence-electron chi connectivity index (χ2n) is 8.07. The number of aromatic nitrogens is 4. The zero-order valence-electron chi connectivity index (χ0n) is 11.9. The predicted octanol–water partition coefficient (Wildman–Crippen LogP) is 1.84. The molecule has 2 atom stereocenters. The van der Waals surface area contributed by atoms with Gasteiger partial charge in [-0.2, -0.15) is 0 Å². The number of tetrazole rings is 1. The molecule has 0 radical (unpaired) electrons. The Hall–Kier alpha value is -0.970. The Labute approximate surface area is 113 Å². The van der Waals surface area contributed by atoms with Gasteiger partial charge in [0.25, 0.3) is 0 Å². The molecule has 5 rings (SSSR count). The smallest absolute Gasteiger partial charge is 0.165 e. The van der Waals surface area contributed by atoms with Crippen LogP contribution in [-0.4, -0.2) is 20.2 Å². The number of rotatable bonds is 2. The van der Waals surface area contributed by atoms with E-state index in [1.165, 1.54) is 38.5 Å². The van der Waals surface area contributed by atoms with Crippen molar-refractivity contribution in [2.45, 2.75) is 64.5 Å². The van der Waals surface area contributed by atoms with Gasteiger partial charge in [0.2, 0.25) is 0 Å². The van der Waals surface area contributed by atoms with Gasteiger partial charge in [-0.15, -0.1) is 5.10 Å². The van der Waals surface area contributed by atoms with Crippen LogP contribution in [0.5, 0.6) is 0 Å². The molecular weight excluding hydrogens is 238 g/mol. The molecule has 1 heterocycles. The number of hydrogen-bond acceptors (Lipinski definition) is 4. The van der Waals surface area contributed by atoms with Crippen molar-refractivity contribution in [3.8, 4) is 0 Å². The molecule has 2 N–H and O–H groups in total. The van der Waals surface area contributed by atoms with Crippen molar-refractivity contribution in [1.29, 1.82) is 0 Å². The van der Waals surface area contributed by atoms with Gasteiger partial charge in [-0.1, -0.05) is 13.8 Å². The average molecular weight is 261 g/mol. The van der Waals surface area contributed by atoms with Crippen molar-refractivity contribution in [2.24, 2.45) is 22.5 Å². The molecule has 4 fully saturated rings. The van der Waals surface area contributed by atoms with E-state index in [2.05, 4.69) is 34.1 Å². The Bertz CT molecular complexity index is 504. The summed E-state index contributed by atoms with van der Waals surface area (Å²) in [5.74, 6) is 1.70. The molecule has 4 bridgehead atoms. The van der Waals surface area contributed by atoms with Crippen LogP contribution in [-0.2, 0) is 12.1 Å². The second-order valence-corrected chi connectivity index (χ2v) is 8.07. The Balaban J connectivity index is 1.83. The summed E-state index contributed by atoms with van der Waals surface area (Å²) in [5, 5.41) is 12.3. The van der Waals surface area contributed by atoms with E-state index in [1.807, 2.05) is 0 Å². The highest BCUT2D eigenvalue weighted by Crippen LogP contribution is 2.68. The minimum Gasteiger partial charge on any atom is -0.324 e. The Morgan fingerprint density at radius 3 is 2.42 bits per heavy atom. The van der Waals surface area contributed by atoms with Crippen LogP contribution in [0, 0.1) is 16.7 Å². The first-order chi connectivity index (χ1) is 8.96. The van der Waals surface area contributed by atoms with Crippen LogP contribution in [0.25, 0.3) is 0 Å². The van der Waals surface area contributed by atoms with Gasteiger partial charge < -0.3 is 5.73 Å². The first kappa shape index (κ1) is 11.8. The standard InChI is InChI=1S/C14H23N5/c1-12-3-10-4-13(2,7-12)9-14(5-10,8-12)19-11(6-15)16-17-18-19/h10H,3-9,15H2,1-2H3. The Morgan fingerprint density at radius 2 is 1.84 bits per heavy atom. The summed E-state index contributed by atoms with van der Waals surface area (Å²) in [4.78, 5) is 0. The zero-order chi connectivity index (χ0) is 13.3. The highest BCUT2D eigenvalue weighted by Gasteiger charge is 2.61. The van der Waals surface area contributed by atoms with Crippen LogP contribution >= 0.6 is 0 Å². The third-order valence-corrected chi connectivity index (χ3v) is 5.76. The normalized spacial score (nSPS) is 47.8. The highest BCUT2D eigenvalue weighted by atomic mass is 15.6. The van der Waals surface area contributed by atoms with Crippen molar-refractivity contribution in [1.82, 2.24) is 20.2 Å².